The Morgan fingerprint density at radius 3 is 2.38 bits per heavy atom. The van der Waals surface area contributed by atoms with Crippen LogP contribution in [-0.4, -0.2) is 12.8 Å². The first-order valence-corrected chi connectivity index (χ1v) is 6.84. The molecule has 1 rings (SSSR count). The zero-order chi connectivity index (χ0) is 16.0. The van der Waals surface area contributed by atoms with E-state index in [2.05, 4.69) is 16.8 Å². The maximum atomic E-state index is 11.4. The largest absolute Gasteiger partial charge is 0.295 e. The maximum Gasteiger partial charge on any atom is 0.159 e. The average molecular weight is 282 g/mol. The lowest BCUT2D eigenvalue weighted by Crippen LogP contribution is -1.95. The molecule has 1 aromatic carbocycles. The van der Waals surface area contributed by atoms with Gasteiger partial charge < -0.3 is 0 Å². The van der Waals surface area contributed by atoms with Crippen molar-refractivity contribution >= 4 is 11.4 Å². The van der Waals surface area contributed by atoms with Gasteiger partial charge in [0.15, 0.2) is 5.78 Å². The molecule has 0 aliphatic carbocycles. The highest BCUT2D eigenvalue weighted by Gasteiger charge is 2.06. The Morgan fingerprint density at radius 1 is 1.24 bits per heavy atom. The lowest BCUT2D eigenvalue weighted by atomic mass is 9.97. The van der Waals surface area contributed by atoms with Crippen LogP contribution in [0.1, 0.15) is 42.3 Å². The number of nitrogens with zero attached hydrogens (tertiary/aromatic N) is 2. The predicted molar refractivity (Wildman–Crippen MR) is 88.5 cm³/mol. The van der Waals surface area contributed by atoms with Crippen molar-refractivity contribution in [3.05, 3.63) is 64.9 Å². The lowest BCUT2D eigenvalue weighted by molar-refractivity contribution is 0.101. The van der Waals surface area contributed by atoms with Crippen molar-refractivity contribution in [1.29, 1.82) is 0 Å². The molecule has 0 saturated carbocycles. The molecule has 3 heteroatoms. The van der Waals surface area contributed by atoms with E-state index in [0.717, 1.165) is 33.5 Å². The third kappa shape index (κ3) is 4.35. The molecule has 0 bridgehead atoms. The van der Waals surface area contributed by atoms with Crippen LogP contribution < -0.4 is 0 Å². The van der Waals surface area contributed by atoms with Crippen molar-refractivity contribution in [3.8, 4) is 0 Å². The van der Waals surface area contributed by atoms with E-state index in [4.69, 9.17) is 0 Å². The summed E-state index contributed by atoms with van der Waals surface area (Å²) in [6.45, 7) is 11.3. The van der Waals surface area contributed by atoms with Gasteiger partial charge in [-0.25, -0.2) is 0 Å². The molecule has 110 valence electrons. The number of Topliss-reactive ketones (excluding diaryl/α,β-unsaturated/α-hetero) is 1. The van der Waals surface area contributed by atoms with Gasteiger partial charge in [-0.2, -0.15) is 10.2 Å². The minimum atomic E-state index is 0.0779. The number of carbonyl (C=O) groups is 1. The first kappa shape index (κ1) is 16.8. The van der Waals surface area contributed by atoms with Gasteiger partial charge in [-0.15, -0.1) is 0 Å². The summed E-state index contributed by atoms with van der Waals surface area (Å²) < 4.78 is 0. The zero-order valence-corrected chi connectivity index (χ0v) is 13.4. The van der Waals surface area contributed by atoms with Crippen molar-refractivity contribution < 1.29 is 4.79 Å². The summed E-state index contributed by atoms with van der Waals surface area (Å²) in [7, 11) is 1.65. The smallest absolute Gasteiger partial charge is 0.159 e. The molecule has 0 unspecified atom stereocenters. The van der Waals surface area contributed by atoms with Gasteiger partial charge in [-0.05, 0) is 62.1 Å². The van der Waals surface area contributed by atoms with E-state index < -0.39 is 0 Å². The van der Waals surface area contributed by atoms with Gasteiger partial charge in [0.05, 0.1) is 5.70 Å². The first-order chi connectivity index (χ1) is 9.90. The molecule has 0 N–H and O–H groups in total. The van der Waals surface area contributed by atoms with Crippen molar-refractivity contribution in [1.82, 2.24) is 0 Å². The summed E-state index contributed by atoms with van der Waals surface area (Å²) in [4.78, 5) is 11.4. The van der Waals surface area contributed by atoms with E-state index in [1.165, 1.54) is 0 Å². The Kier molecular flexibility index (Phi) is 5.97. The third-order valence-electron chi connectivity index (χ3n) is 3.33. The fourth-order valence-electron chi connectivity index (χ4n) is 2.04. The van der Waals surface area contributed by atoms with Crippen LogP contribution in [0.2, 0.25) is 0 Å². The van der Waals surface area contributed by atoms with E-state index in [9.17, 15) is 4.79 Å². The second-order valence-corrected chi connectivity index (χ2v) is 4.99. The molecule has 0 saturated heterocycles. The van der Waals surface area contributed by atoms with Crippen molar-refractivity contribution in [2.75, 3.05) is 7.05 Å². The predicted octanol–water partition coefficient (Wildman–Crippen LogP) is 5.14. The van der Waals surface area contributed by atoms with Crippen LogP contribution in [-0.2, 0) is 0 Å². The third-order valence-corrected chi connectivity index (χ3v) is 3.33. The molecule has 21 heavy (non-hydrogen) atoms. The van der Waals surface area contributed by atoms with Gasteiger partial charge in [0.2, 0.25) is 0 Å². The monoisotopic (exact) mass is 282 g/mol. The fraction of sp³-hybridized carbons (Fsp3) is 0.278. The summed E-state index contributed by atoms with van der Waals surface area (Å²) in [6.07, 6.45) is 3.75. The molecule has 0 spiro atoms. The maximum absolute atomic E-state index is 11.4. The normalized spacial score (nSPS) is 13.3. The SMILES string of the molecule is C=C/C(C)=C(\C=C(/C)c1ccc(C(C)=O)cc1C)N=NC. The number of aryl methyl sites for hydroxylation is 1. The lowest BCUT2D eigenvalue weighted by Gasteiger charge is -2.08. The van der Waals surface area contributed by atoms with E-state index in [0.29, 0.717) is 0 Å². The molecule has 0 aromatic heterocycles. The highest BCUT2D eigenvalue weighted by molar-refractivity contribution is 5.94. The molecule has 0 radical (unpaired) electrons. The zero-order valence-electron chi connectivity index (χ0n) is 13.4. The second-order valence-electron chi connectivity index (χ2n) is 4.99. The van der Waals surface area contributed by atoms with Crippen molar-refractivity contribution in [3.63, 3.8) is 0 Å². The number of carbonyl (C=O) groups excluding carboxylic acids is 1. The Bertz CT molecular complexity index is 649. The number of allylic oxidation sites excluding steroid dienone is 4. The minimum absolute atomic E-state index is 0.0779. The fourth-order valence-corrected chi connectivity index (χ4v) is 2.04. The number of azo groups is 1. The summed E-state index contributed by atoms with van der Waals surface area (Å²) in [5, 5.41) is 7.98. The Hall–Kier alpha value is -2.29. The quantitative estimate of drug-likeness (QED) is 0.418. The molecular formula is C18H22N2O. The number of benzene rings is 1. The number of rotatable bonds is 5. The Morgan fingerprint density at radius 2 is 1.90 bits per heavy atom. The minimum Gasteiger partial charge on any atom is -0.295 e. The first-order valence-electron chi connectivity index (χ1n) is 6.84. The molecule has 3 nitrogen and oxygen atoms in total. The van der Waals surface area contributed by atoms with E-state index in [1.807, 2.05) is 45.0 Å². The molecule has 0 atom stereocenters. The molecule has 1 aromatic rings. The topological polar surface area (TPSA) is 41.8 Å². The van der Waals surface area contributed by atoms with E-state index in [1.54, 1.807) is 20.0 Å². The van der Waals surface area contributed by atoms with Crippen molar-refractivity contribution in [2.45, 2.75) is 27.7 Å². The standard InChI is InChI=1S/C18H22N2O/c1-7-12(2)18(20-19-6)11-14(4)17-9-8-16(15(5)21)10-13(17)3/h7-11H,1H2,2-6H3/b14-11+,18-12+,20-19?. The van der Waals surface area contributed by atoms with Crippen LogP contribution in [0.25, 0.3) is 5.57 Å². The van der Waals surface area contributed by atoms with E-state index >= 15 is 0 Å². The second kappa shape index (κ2) is 7.48. The summed E-state index contributed by atoms with van der Waals surface area (Å²) >= 11 is 0. The summed E-state index contributed by atoms with van der Waals surface area (Å²) in [5.74, 6) is 0.0779. The molecule has 0 aliphatic heterocycles. The number of ketones is 1. The molecule has 0 fully saturated rings. The van der Waals surface area contributed by atoms with Crippen LogP contribution in [0, 0.1) is 6.92 Å². The molecule has 0 aliphatic rings. The van der Waals surface area contributed by atoms with Gasteiger partial charge in [0.1, 0.15) is 0 Å². The van der Waals surface area contributed by atoms with Crippen LogP contribution >= 0.6 is 0 Å². The van der Waals surface area contributed by atoms with Gasteiger partial charge in [0, 0.05) is 12.6 Å². The van der Waals surface area contributed by atoms with Gasteiger partial charge in [-0.3, -0.25) is 4.79 Å². The van der Waals surface area contributed by atoms with Crippen LogP contribution in [0.3, 0.4) is 0 Å². The van der Waals surface area contributed by atoms with Crippen LogP contribution in [0.4, 0.5) is 0 Å². The average Bonchev–Trinajstić information content (AvgIpc) is 2.45. The highest BCUT2D eigenvalue weighted by Crippen LogP contribution is 2.23. The summed E-state index contributed by atoms with van der Waals surface area (Å²) in [6, 6.07) is 5.75. The van der Waals surface area contributed by atoms with Gasteiger partial charge in [0.25, 0.3) is 0 Å². The Labute approximate surface area is 126 Å². The van der Waals surface area contributed by atoms with Crippen LogP contribution in [0.15, 0.2) is 58.4 Å². The van der Waals surface area contributed by atoms with Gasteiger partial charge in [-0.1, -0.05) is 24.8 Å². The summed E-state index contributed by atoms with van der Waals surface area (Å²) in [5.41, 5.74) is 5.74. The molecule has 0 amide bonds. The number of hydrogen-bond donors (Lipinski definition) is 0. The Balaban J connectivity index is 3.30. The van der Waals surface area contributed by atoms with Gasteiger partial charge >= 0.3 is 0 Å². The van der Waals surface area contributed by atoms with Crippen molar-refractivity contribution in [2.24, 2.45) is 10.2 Å². The van der Waals surface area contributed by atoms with Crippen LogP contribution in [0.5, 0.6) is 0 Å². The highest BCUT2D eigenvalue weighted by atomic mass is 16.1. The number of hydrogen-bond acceptors (Lipinski definition) is 3. The van der Waals surface area contributed by atoms with E-state index in [-0.39, 0.29) is 5.78 Å². The molecular weight excluding hydrogens is 260 g/mol. The molecule has 0 heterocycles.